The second-order valence-electron chi connectivity index (χ2n) is 8.88. The van der Waals surface area contributed by atoms with Gasteiger partial charge in [-0.2, -0.15) is 0 Å². The molecule has 162 valence electrons. The van der Waals surface area contributed by atoms with Gasteiger partial charge in [-0.15, -0.1) is 23.1 Å². The summed E-state index contributed by atoms with van der Waals surface area (Å²) in [5.74, 6) is 0.496. The number of hydrogen-bond acceptors (Lipinski definition) is 5. The molecule has 2 aliphatic carbocycles. The molecule has 0 spiro atoms. The average Bonchev–Trinajstić information content (AvgIpc) is 3.14. The fourth-order valence-corrected chi connectivity index (χ4v) is 6.78. The van der Waals surface area contributed by atoms with Crippen LogP contribution >= 0.6 is 23.1 Å². The summed E-state index contributed by atoms with van der Waals surface area (Å²) in [5.41, 5.74) is 2.67. The number of thiazole rings is 1. The first-order chi connectivity index (χ1) is 14.5. The zero-order valence-electron chi connectivity index (χ0n) is 18.1. The van der Waals surface area contributed by atoms with Gasteiger partial charge in [-0.1, -0.05) is 18.6 Å². The van der Waals surface area contributed by atoms with Gasteiger partial charge in [0.25, 0.3) is 0 Å². The summed E-state index contributed by atoms with van der Waals surface area (Å²) in [5, 5.41) is 5.04. The minimum absolute atomic E-state index is 0.0794. The average molecular weight is 445 g/mol. The van der Waals surface area contributed by atoms with Crippen molar-refractivity contribution in [3.05, 3.63) is 35.0 Å². The van der Waals surface area contributed by atoms with Crippen molar-refractivity contribution in [2.75, 3.05) is 0 Å². The molecule has 2 aromatic rings. The van der Waals surface area contributed by atoms with Crippen LogP contribution in [0.2, 0.25) is 0 Å². The molecule has 0 saturated heterocycles. The topological polar surface area (TPSA) is 51.2 Å². The third-order valence-corrected chi connectivity index (χ3v) is 8.60. The number of aromatic nitrogens is 1. The number of benzene rings is 1. The lowest BCUT2D eigenvalue weighted by Crippen LogP contribution is -2.38. The van der Waals surface area contributed by atoms with Gasteiger partial charge in [-0.3, -0.25) is 0 Å². The van der Waals surface area contributed by atoms with E-state index in [-0.39, 0.29) is 18.2 Å². The highest BCUT2D eigenvalue weighted by Crippen LogP contribution is 2.44. The highest BCUT2D eigenvalue weighted by atomic mass is 32.2. The number of amides is 1. The second kappa shape index (κ2) is 9.73. The first-order valence-corrected chi connectivity index (χ1v) is 12.9. The lowest BCUT2D eigenvalue weighted by Gasteiger charge is -2.28. The third-order valence-electron chi connectivity index (χ3n) is 6.01. The van der Waals surface area contributed by atoms with Gasteiger partial charge < -0.3 is 10.1 Å². The minimum Gasteiger partial charge on any atom is -0.447 e. The fraction of sp³-hybridized carbons (Fsp3) is 0.583. The van der Waals surface area contributed by atoms with Gasteiger partial charge in [-0.05, 0) is 70.9 Å². The Morgan fingerprint density at radius 2 is 1.97 bits per heavy atom. The predicted octanol–water partition coefficient (Wildman–Crippen LogP) is 6.92. The number of thioether (sulfide) groups is 1. The van der Waals surface area contributed by atoms with Crippen molar-refractivity contribution >= 4 is 29.2 Å². The third kappa shape index (κ3) is 5.38. The predicted molar refractivity (Wildman–Crippen MR) is 126 cm³/mol. The molecule has 2 saturated carbocycles. The Morgan fingerprint density at radius 1 is 1.20 bits per heavy atom. The SMILES string of the molecule is Cc1ccc(-c2cnc(C3CCC(NC(=O)OC(C)C)CC3)s2)c(SC2CCC2)c1. The van der Waals surface area contributed by atoms with Gasteiger partial charge in [0.05, 0.1) is 16.0 Å². The molecule has 0 aliphatic heterocycles. The van der Waals surface area contributed by atoms with Crippen molar-refractivity contribution in [1.82, 2.24) is 10.3 Å². The smallest absolute Gasteiger partial charge is 0.407 e. The van der Waals surface area contributed by atoms with Gasteiger partial charge >= 0.3 is 6.09 Å². The molecule has 30 heavy (non-hydrogen) atoms. The van der Waals surface area contributed by atoms with Crippen LogP contribution in [0.25, 0.3) is 10.4 Å². The molecule has 1 amide bonds. The van der Waals surface area contributed by atoms with Crippen LogP contribution in [0.15, 0.2) is 29.3 Å². The molecule has 0 unspecified atom stereocenters. The molecule has 1 N–H and O–H groups in total. The standard InChI is InChI=1S/C24H32N2O2S2/c1-15(2)28-24(27)26-18-10-8-17(9-11-18)23-25-14-22(30-23)20-12-7-16(3)13-21(20)29-19-5-4-6-19/h7,12-15,17-19H,4-6,8-11H2,1-3H3,(H,26,27). The maximum Gasteiger partial charge on any atom is 0.407 e. The Bertz CT molecular complexity index is 868. The zero-order valence-corrected chi connectivity index (χ0v) is 19.8. The molecular weight excluding hydrogens is 412 g/mol. The Labute approximate surface area is 188 Å². The number of rotatable bonds is 6. The van der Waals surface area contributed by atoms with Crippen LogP contribution in [-0.2, 0) is 4.74 Å². The number of nitrogens with one attached hydrogen (secondary N) is 1. The monoisotopic (exact) mass is 444 g/mol. The molecule has 2 fully saturated rings. The van der Waals surface area contributed by atoms with E-state index in [1.165, 1.54) is 45.2 Å². The molecule has 0 bridgehead atoms. The molecule has 1 heterocycles. The van der Waals surface area contributed by atoms with E-state index in [1.54, 1.807) is 0 Å². The molecule has 0 atom stereocenters. The normalized spacial score (nSPS) is 22.0. The zero-order chi connectivity index (χ0) is 21.1. The minimum atomic E-state index is -0.291. The number of carbonyl (C=O) groups excluding carboxylic acids is 1. The summed E-state index contributed by atoms with van der Waals surface area (Å²) in [4.78, 5) is 19.4. The van der Waals surface area contributed by atoms with Crippen LogP contribution in [0.4, 0.5) is 4.79 Å². The van der Waals surface area contributed by atoms with Gasteiger partial charge in [0.2, 0.25) is 0 Å². The van der Waals surface area contributed by atoms with E-state index >= 15 is 0 Å². The number of carbonyl (C=O) groups is 1. The number of nitrogens with zero attached hydrogens (tertiary/aromatic N) is 1. The first-order valence-electron chi connectivity index (χ1n) is 11.2. The largest absolute Gasteiger partial charge is 0.447 e. The van der Waals surface area contributed by atoms with E-state index in [4.69, 9.17) is 9.72 Å². The van der Waals surface area contributed by atoms with Crippen molar-refractivity contribution < 1.29 is 9.53 Å². The van der Waals surface area contributed by atoms with Crippen LogP contribution in [-0.4, -0.2) is 28.5 Å². The van der Waals surface area contributed by atoms with Crippen LogP contribution in [0.1, 0.15) is 75.3 Å². The molecule has 2 aliphatic rings. The highest BCUT2D eigenvalue weighted by Gasteiger charge is 2.27. The van der Waals surface area contributed by atoms with Crippen molar-refractivity contribution in [2.24, 2.45) is 0 Å². The summed E-state index contributed by atoms with van der Waals surface area (Å²) in [7, 11) is 0. The Morgan fingerprint density at radius 3 is 2.63 bits per heavy atom. The van der Waals surface area contributed by atoms with Crippen molar-refractivity contribution in [2.45, 2.75) is 93.9 Å². The Balaban J connectivity index is 1.39. The van der Waals surface area contributed by atoms with Gasteiger partial charge in [0.15, 0.2) is 0 Å². The summed E-state index contributed by atoms with van der Waals surface area (Å²) >= 11 is 3.90. The summed E-state index contributed by atoms with van der Waals surface area (Å²) in [6.45, 7) is 5.93. The Kier molecular flexibility index (Phi) is 7.04. The van der Waals surface area contributed by atoms with Gasteiger partial charge in [-0.25, -0.2) is 9.78 Å². The van der Waals surface area contributed by atoms with Crippen LogP contribution in [0.5, 0.6) is 0 Å². The number of alkyl carbamates (subject to hydrolysis) is 1. The van der Waals surface area contributed by atoms with E-state index in [2.05, 4.69) is 36.6 Å². The number of aryl methyl sites for hydroxylation is 1. The van der Waals surface area contributed by atoms with Crippen LogP contribution in [0.3, 0.4) is 0 Å². The van der Waals surface area contributed by atoms with Crippen molar-refractivity contribution in [3.8, 4) is 10.4 Å². The molecular formula is C24H32N2O2S2. The number of ether oxygens (including phenoxy) is 1. The van der Waals surface area contributed by atoms with E-state index in [0.717, 1.165) is 30.9 Å². The summed E-state index contributed by atoms with van der Waals surface area (Å²) < 4.78 is 5.21. The number of hydrogen-bond donors (Lipinski definition) is 1. The highest BCUT2D eigenvalue weighted by molar-refractivity contribution is 8.00. The van der Waals surface area contributed by atoms with Crippen LogP contribution in [0, 0.1) is 6.92 Å². The van der Waals surface area contributed by atoms with E-state index in [9.17, 15) is 4.79 Å². The maximum absolute atomic E-state index is 11.8. The van der Waals surface area contributed by atoms with Crippen LogP contribution < -0.4 is 5.32 Å². The molecule has 1 aromatic carbocycles. The molecule has 0 radical (unpaired) electrons. The second-order valence-corrected chi connectivity index (χ2v) is 11.3. The molecule has 4 rings (SSSR count). The maximum atomic E-state index is 11.8. The van der Waals surface area contributed by atoms with E-state index in [0.29, 0.717) is 5.92 Å². The lowest BCUT2D eigenvalue weighted by molar-refractivity contribution is 0.109. The first kappa shape index (κ1) is 21.7. The van der Waals surface area contributed by atoms with E-state index < -0.39 is 0 Å². The van der Waals surface area contributed by atoms with Crippen molar-refractivity contribution in [1.29, 1.82) is 0 Å². The molecule has 4 nitrogen and oxygen atoms in total. The molecule has 1 aromatic heterocycles. The quantitative estimate of drug-likeness (QED) is 0.525. The van der Waals surface area contributed by atoms with Crippen molar-refractivity contribution in [3.63, 3.8) is 0 Å². The van der Waals surface area contributed by atoms with E-state index in [1.807, 2.05) is 36.9 Å². The van der Waals surface area contributed by atoms with Gasteiger partial charge in [0.1, 0.15) is 0 Å². The molecule has 6 heteroatoms. The lowest BCUT2D eigenvalue weighted by atomic mass is 9.86. The fourth-order valence-electron chi connectivity index (χ4n) is 4.10. The van der Waals surface area contributed by atoms with Gasteiger partial charge in [0, 0.05) is 33.9 Å². The Hall–Kier alpha value is -1.53. The summed E-state index contributed by atoms with van der Waals surface area (Å²) in [6, 6.07) is 7.04. The summed E-state index contributed by atoms with van der Waals surface area (Å²) in [6.07, 6.45) is 9.86.